The van der Waals surface area contributed by atoms with Gasteiger partial charge < -0.3 is 19.2 Å². The van der Waals surface area contributed by atoms with E-state index < -0.39 is 17.8 Å². The second kappa shape index (κ2) is 8.62. The van der Waals surface area contributed by atoms with Gasteiger partial charge in [-0.25, -0.2) is 9.59 Å². The molecule has 0 radical (unpaired) electrons. The number of nitrogens with one attached hydrogen (secondary N) is 1. The van der Waals surface area contributed by atoms with Crippen LogP contribution in [0, 0.1) is 0 Å². The number of ether oxygens (including phenoxy) is 2. The van der Waals surface area contributed by atoms with Crippen LogP contribution >= 0.6 is 11.6 Å². The maximum Gasteiger partial charge on any atom is 0.339 e. The zero-order chi connectivity index (χ0) is 21.0. The zero-order valence-corrected chi connectivity index (χ0v) is 16.3. The quantitative estimate of drug-likeness (QED) is 0.622. The van der Waals surface area contributed by atoms with Gasteiger partial charge in [0.1, 0.15) is 5.76 Å². The number of rotatable bonds is 5. The van der Waals surface area contributed by atoms with Crippen LogP contribution in [-0.2, 0) is 9.47 Å². The van der Waals surface area contributed by atoms with E-state index in [2.05, 4.69) is 10.1 Å². The minimum Gasteiger partial charge on any atom is -0.465 e. The summed E-state index contributed by atoms with van der Waals surface area (Å²) in [5.41, 5.74) is 1.08. The van der Waals surface area contributed by atoms with Crippen molar-refractivity contribution in [2.45, 2.75) is 0 Å². The number of hydrogen-bond acceptors (Lipinski definition) is 6. The van der Waals surface area contributed by atoms with Gasteiger partial charge in [0.05, 0.1) is 31.0 Å². The monoisotopic (exact) mass is 413 g/mol. The number of anilines is 1. The summed E-state index contributed by atoms with van der Waals surface area (Å²) in [6, 6.07) is 14.2. The Balaban J connectivity index is 1.88. The molecule has 0 aliphatic carbocycles. The van der Waals surface area contributed by atoms with Crippen LogP contribution in [0.15, 0.2) is 59.0 Å². The third-order valence-corrected chi connectivity index (χ3v) is 4.30. The van der Waals surface area contributed by atoms with Gasteiger partial charge in [0, 0.05) is 10.6 Å². The van der Waals surface area contributed by atoms with Gasteiger partial charge in [-0.1, -0.05) is 11.6 Å². The summed E-state index contributed by atoms with van der Waals surface area (Å²) < 4.78 is 15.0. The van der Waals surface area contributed by atoms with Crippen LogP contribution in [-0.4, -0.2) is 32.1 Å². The minimum absolute atomic E-state index is 0.0224. The van der Waals surface area contributed by atoms with Gasteiger partial charge in [-0.15, -0.1) is 0 Å². The number of carbonyl (C=O) groups is 3. The highest BCUT2D eigenvalue weighted by Gasteiger charge is 2.19. The average Bonchev–Trinajstić information content (AvgIpc) is 3.23. The summed E-state index contributed by atoms with van der Waals surface area (Å²) in [5, 5.41) is 3.16. The van der Waals surface area contributed by atoms with Crippen LogP contribution in [0.4, 0.5) is 5.69 Å². The van der Waals surface area contributed by atoms with Crippen molar-refractivity contribution < 1.29 is 28.3 Å². The van der Waals surface area contributed by atoms with E-state index in [0.717, 1.165) is 5.56 Å². The van der Waals surface area contributed by atoms with Gasteiger partial charge in [-0.3, -0.25) is 4.79 Å². The first-order valence-corrected chi connectivity index (χ1v) is 8.78. The van der Waals surface area contributed by atoms with E-state index in [1.54, 1.807) is 30.3 Å². The number of halogens is 1. The molecule has 0 saturated heterocycles. The van der Waals surface area contributed by atoms with Crippen LogP contribution in [0.3, 0.4) is 0 Å². The van der Waals surface area contributed by atoms with Crippen molar-refractivity contribution in [3.05, 3.63) is 76.5 Å². The molecule has 0 bridgehead atoms. The van der Waals surface area contributed by atoms with Crippen molar-refractivity contribution in [3.63, 3.8) is 0 Å². The molecule has 0 spiro atoms. The Morgan fingerprint density at radius 3 is 2.24 bits per heavy atom. The molecule has 0 atom stereocenters. The summed E-state index contributed by atoms with van der Waals surface area (Å²) in [6.07, 6.45) is 0. The van der Waals surface area contributed by atoms with E-state index in [9.17, 15) is 14.4 Å². The Bertz CT molecular complexity index is 1070. The molecule has 0 aliphatic rings. The standard InChI is InChI=1S/C21H16ClNO6/c1-27-20(25)13-5-8-15(21(26)28-2)16(11-13)23-19(24)18-10-9-17(29-18)12-3-6-14(22)7-4-12/h3-11H,1-2H3,(H,23,24). The van der Waals surface area contributed by atoms with Gasteiger partial charge >= 0.3 is 11.9 Å². The molecule has 0 saturated carbocycles. The molecule has 1 aromatic heterocycles. The Labute approximate surface area is 171 Å². The predicted molar refractivity (Wildman–Crippen MR) is 106 cm³/mol. The number of methoxy groups -OCH3 is 2. The number of hydrogen-bond donors (Lipinski definition) is 1. The second-order valence-corrected chi connectivity index (χ2v) is 6.30. The molecule has 3 aromatic rings. The molecule has 1 heterocycles. The first kappa shape index (κ1) is 20.2. The zero-order valence-electron chi connectivity index (χ0n) is 15.5. The molecular formula is C21H16ClNO6. The maximum atomic E-state index is 12.6. The molecule has 0 aliphatic heterocycles. The molecule has 1 N–H and O–H groups in total. The molecule has 29 heavy (non-hydrogen) atoms. The minimum atomic E-state index is -0.669. The number of furan rings is 1. The van der Waals surface area contributed by atoms with Crippen LogP contribution < -0.4 is 5.32 Å². The molecule has 3 rings (SSSR count). The van der Waals surface area contributed by atoms with Gasteiger partial charge in [-0.05, 0) is 54.6 Å². The summed E-state index contributed by atoms with van der Waals surface area (Å²) in [4.78, 5) is 36.4. The van der Waals surface area contributed by atoms with Crippen LogP contribution in [0.25, 0.3) is 11.3 Å². The van der Waals surface area contributed by atoms with E-state index in [4.69, 9.17) is 20.8 Å². The fourth-order valence-corrected chi connectivity index (χ4v) is 2.72. The highest BCUT2D eigenvalue weighted by atomic mass is 35.5. The number of carbonyl (C=O) groups excluding carboxylic acids is 3. The van der Waals surface area contributed by atoms with Gasteiger partial charge in [0.2, 0.25) is 0 Å². The smallest absolute Gasteiger partial charge is 0.339 e. The third kappa shape index (κ3) is 4.47. The van der Waals surface area contributed by atoms with Gasteiger partial charge in [-0.2, -0.15) is 0 Å². The van der Waals surface area contributed by atoms with Crippen molar-refractivity contribution in [1.29, 1.82) is 0 Å². The lowest BCUT2D eigenvalue weighted by Gasteiger charge is -2.10. The molecule has 0 fully saturated rings. The normalized spacial score (nSPS) is 10.3. The second-order valence-electron chi connectivity index (χ2n) is 5.87. The Morgan fingerprint density at radius 2 is 1.59 bits per heavy atom. The van der Waals surface area contributed by atoms with Gasteiger partial charge in [0.15, 0.2) is 5.76 Å². The Kier molecular flexibility index (Phi) is 5.99. The SMILES string of the molecule is COC(=O)c1ccc(C(=O)OC)c(NC(=O)c2ccc(-c3ccc(Cl)cc3)o2)c1. The van der Waals surface area contributed by atoms with Crippen molar-refractivity contribution >= 4 is 35.1 Å². The largest absolute Gasteiger partial charge is 0.465 e. The first-order valence-electron chi connectivity index (χ1n) is 8.40. The molecule has 1 amide bonds. The maximum absolute atomic E-state index is 12.6. The van der Waals surface area contributed by atoms with Crippen molar-refractivity contribution in [3.8, 4) is 11.3 Å². The summed E-state index contributed by atoms with van der Waals surface area (Å²) in [7, 11) is 2.45. The van der Waals surface area contributed by atoms with Crippen LogP contribution in [0.2, 0.25) is 5.02 Å². The van der Waals surface area contributed by atoms with E-state index in [-0.39, 0.29) is 22.6 Å². The number of benzene rings is 2. The summed E-state index contributed by atoms with van der Waals surface area (Å²) in [6.45, 7) is 0. The van der Waals surface area contributed by atoms with Crippen LogP contribution in [0.1, 0.15) is 31.3 Å². The number of esters is 2. The van der Waals surface area contributed by atoms with E-state index in [0.29, 0.717) is 10.8 Å². The lowest BCUT2D eigenvalue weighted by molar-refractivity contribution is 0.0587. The third-order valence-electron chi connectivity index (χ3n) is 4.05. The highest BCUT2D eigenvalue weighted by Crippen LogP contribution is 2.25. The molecule has 0 unspecified atom stereocenters. The predicted octanol–water partition coefficient (Wildman–Crippen LogP) is 4.43. The van der Waals surface area contributed by atoms with Crippen molar-refractivity contribution in [2.75, 3.05) is 19.5 Å². The fourth-order valence-electron chi connectivity index (χ4n) is 2.59. The first-order chi connectivity index (χ1) is 13.9. The van der Waals surface area contributed by atoms with Crippen molar-refractivity contribution in [2.24, 2.45) is 0 Å². The highest BCUT2D eigenvalue weighted by molar-refractivity contribution is 6.30. The molecule has 7 nitrogen and oxygen atoms in total. The molecular weight excluding hydrogens is 398 g/mol. The van der Waals surface area contributed by atoms with E-state index in [1.807, 2.05) is 0 Å². The number of amides is 1. The topological polar surface area (TPSA) is 94.8 Å². The fraction of sp³-hybridized carbons (Fsp3) is 0.0952. The average molecular weight is 414 g/mol. The van der Waals surface area contributed by atoms with Crippen LogP contribution in [0.5, 0.6) is 0 Å². The van der Waals surface area contributed by atoms with E-state index in [1.165, 1.54) is 38.5 Å². The lowest BCUT2D eigenvalue weighted by atomic mass is 10.1. The molecule has 148 valence electrons. The van der Waals surface area contributed by atoms with Crippen molar-refractivity contribution in [1.82, 2.24) is 0 Å². The summed E-state index contributed by atoms with van der Waals surface area (Å²) in [5.74, 6) is -1.38. The Hall–Kier alpha value is -3.58. The Morgan fingerprint density at radius 1 is 0.897 bits per heavy atom. The van der Waals surface area contributed by atoms with E-state index >= 15 is 0 Å². The molecule has 8 heteroatoms. The summed E-state index contributed by atoms with van der Waals surface area (Å²) >= 11 is 5.88. The van der Waals surface area contributed by atoms with Gasteiger partial charge in [0.25, 0.3) is 5.91 Å². The molecule has 2 aromatic carbocycles. The lowest BCUT2D eigenvalue weighted by Crippen LogP contribution is -2.16.